The molecule has 0 saturated carbocycles. The molecule has 0 saturated heterocycles. The smallest absolute Gasteiger partial charge is 0.0931 e. The molecular formula is C10H16ClNOS. The molecule has 0 aromatic carbocycles. The maximum Gasteiger partial charge on any atom is 0.0931 e. The Morgan fingerprint density at radius 2 is 2.36 bits per heavy atom. The zero-order chi connectivity index (χ0) is 10.4. The first-order valence-electron chi connectivity index (χ1n) is 4.80. The summed E-state index contributed by atoms with van der Waals surface area (Å²) in [7, 11) is 0. The Kier molecular flexibility index (Phi) is 5.48. The lowest BCUT2D eigenvalue weighted by atomic mass is 10.3. The van der Waals surface area contributed by atoms with E-state index in [0.29, 0.717) is 6.04 Å². The van der Waals surface area contributed by atoms with Crippen LogP contribution in [0.25, 0.3) is 0 Å². The van der Waals surface area contributed by atoms with Crippen LogP contribution in [-0.4, -0.2) is 19.8 Å². The highest BCUT2D eigenvalue weighted by Gasteiger charge is 2.06. The summed E-state index contributed by atoms with van der Waals surface area (Å²) in [5.74, 6) is 0. The molecule has 0 bridgehead atoms. The third-order valence-corrected chi connectivity index (χ3v) is 3.34. The summed E-state index contributed by atoms with van der Waals surface area (Å²) in [6, 6.07) is 4.35. The SMILES string of the molecule is CCOCCN[C@H](C)c1ccc(Cl)s1. The van der Waals surface area contributed by atoms with Gasteiger partial charge in [-0.3, -0.25) is 0 Å². The monoisotopic (exact) mass is 233 g/mol. The first-order valence-corrected chi connectivity index (χ1v) is 6.00. The second-order valence-electron chi connectivity index (χ2n) is 3.01. The second-order valence-corrected chi connectivity index (χ2v) is 4.76. The van der Waals surface area contributed by atoms with Crippen LogP contribution in [0.15, 0.2) is 12.1 Å². The summed E-state index contributed by atoms with van der Waals surface area (Å²) in [5, 5.41) is 3.37. The van der Waals surface area contributed by atoms with Crippen molar-refractivity contribution in [1.82, 2.24) is 5.32 Å². The molecule has 1 aromatic rings. The summed E-state index contributed by atoms with van der Waals surface area (Å²) in [4.78, 5) is 1.27. The van der Waals surface area contributed by atoms with E-state index >= 15 is 0 Å². The molecule has 0 unspecified atom stereocenters. The Bertz CT molecular complexity index is 264. The highest BCUT2D eigenvalue weighted by molar-refractivity contribution is 7.16. The lowest BCUT2D eigenvalue weighted by Crippen LogP contribution is -2.22. The van der Waals surface area contributed by atoms with Crippen molar-refractivity contribution in [3.05, 3.63) is 21.3 Å². The van der Waals surface area contributed by atoms with Gasteiger partial charge in [0, 0.05) is 24.1 Å². The third kappa shape index (κ3) is 3.96. The van der Waals surface area contributed by atoms with Crippen LogP contribution in [0.4, 0.5) is 0 Å². The molecule has 1 atom stereocenters. The molecule has 2 nitrogen and oxygen atoms in total. The van der Waals surface area contributed by atoms with Crippen molar-refractivity contribution in [2.24, 2.45) is 0 Å². The molecule has 0 aliphatic carbocycles. The minimum absolute atomic E-state index is 0.355. The van der Waals surface area contributed by atoms with Crippen LogP contribution in [0.5, 0.6) is 0 Å². The minimum atomic E-state index is 0.355. The minimum Gasteiger partial charge on any atom is -0.380 e. The fraction of sp³-hybridized carbons (Fsp3) is 0.600. The highest BCUT2D eigenvalue weighted by Crippen LogP contribution is 2.26. The molecule has 0 aliphatic heterocycles. The second kappa shape index (κ2) is 6.40. The van der Waals surface area contributed by atoms with Crippen molar-refractivity contribution < 1.29 is 4.74 Å². The van der Waals surface area contributed by atoms with E-state index in [1.54, 1.807) is 11.3 Å². The Labute approximate surface area is 94.2 Å². The van der Waals surface area contributed by atoms with Gasteiger partial charge in [-0.05, 0) is 26.0 Å². The zero-order valence-corrected chi connectivity index (χ0v) is 10.1. The van der Waals surface area contributed by atoms with Crippen molar-refractivity contribution in [2.45, 2.75) is 19.9 Å². The fourth-order valence-corrected chi connectivity index (χ4v) is 2.24. The van der Waals surface area contributed by atoms with Crippen LogP contribution in [-0.2, 0) is 4.74 Å². The Morgan fingerprint density at radius 3 is 2.93 bits per heavy atom. The van der Waals surface area contributed by atoms with Gasteiger partial charge in [-0.25, -0.2) is 0 Å². The van der Waals surface area contributed by atoms with Crippen LogP contribution in [0, 0.1) is 0 Å². The zero-order valence-electron chi connectivity index (χ0n) is 8.55. The molecule has 0 amide bonds. The van der Waals surface area contributed by atoms with Gasteiger partial charge in [0.2, 0.25) is 0 Å². The maximum absolute atomic E-state index is 5.85. The van der Waals surface area contributed by atoms with Crippen LogP contribution in [0.3, 0.4) is 0 Å². The number of rotatable bonds is 6. The normalized spacial score (nSPS) is 13.1. The predicted molar refractivity (Wildman–Crippen MR) is 62.2 cm³/mol. The predicted octanol–water partition coefficient (Wildman–Crippen LogP) is 3.09. The van der Waals surface area contributed by atoms with Gasteiger partial charge in [0.15, 0.2) is 0 Å². The molecule has 0 aliphatic rings. The lowest BCUT2D eigenvalue weighted by molar-refractivity contribution is 0.147. The first kappa shape index (κ1) is 12.0. The molecular weight excluding hydrogens is 218 g/mol. The van der Waals surface area contributed by atoms with E-state index < -0.39 is 0 Å². The van der Waals surface area contributed by atoms with Gasteiger partial charge in [0.25, 0.3) is 0 Å². The van der Waals surface area contributed by atoms with Gasteiger partial charge in [-0.15, -0.1) is 11.3 Å². The Morgan fingerprint density at radius 1 is 1.57 bits per heavy atom. The number of ether oxygens (including phenoxy) is 1. The molecule has 1 aromatic heterocycles. The molecule has 4 heteroatoms. The van der Waals surface area contributed by atoms with Crippen LogP contribution in [0.2, 0.25) is 4.34 Å². The van der Waals surface area contributed by atoms with Crippen molar-refractivity contribution in [2.75, 3.05) is 19.8 Å². The summed E-state index contributed by atoms with van der Waals surface area (Å²) in [5.41, 5.74) is 0. The topological polar surface area (TPSA) is 21.3 Å². The van der Waals surface area contributed by atoms with Crippen LogP contribution in [0.1, 0.15) is 24.8 Å². The van der Waals surface area contributed by atoms with E-state index in [1.807, 2.05) is 13.0 Å². The van der Waals surface area contributed by atoms with Gasteiger partial charge in [0.1, 0.15) is 0 Å². The first-order chi connectivity index (χ1) is 6.74. The number of hydrogen-bond donors (Lipinski definition) is 1. The third-order valence-electron chi connectivity index (χ3n) is 1.92. The van der Waals surface area contributed by atoms with E-state index in [1.165, 1.54) is 4.88 Å². The van der Waals surface area contributed by atoms with Crippen molar-refractivity contribution in [3.63, 3.8) is 0 Å². The van der Waals surface area contributed by atoms with Crippen molar-refractivity contribution in [1.29, 1.82) is 0 Å². The quantitative estimate of drug-likeness (QED) is 0.763. The largest absolute Gasteiger partial charge is 0.380 e. The fourth-order valence-electron chi connectivity index (χ4n) is 1.15. The molecule has 1 heterocycles. The van der Waals surface area contributed by atoms with E-state index in [0.717, 1.165) is 24.1 Å². The van der Waals surface area contributed by atoms with Crippen LogP contribution < -0.4 is 5.32 Å². The molecule has 0 radical (unpaired) electrons. The lowest BCUT2D eigenvalue weighted by Gasteiger charge is -2.11. The molecule has 0 spiro atoms. The number of nitrogens with one attached hydrogen (secondary N) is 1. The molecule has 14 heavy (non-hydrogen) atoms. The Balaban J connectivity index is 2.25. The number of thiophene rings is 1. The summed E-state index contributed by atoms with van der Waals surface area (Å²) in [6.45, 7) is 6.56. The van der Waals surface area contributed by atoms with E-state index in [2.05, 4.69) is 18.3 Å². The van der Waals surface area contributed by atoms with Crippen molar-refractivity contribution in [3.8, 4) is 0 Å². The standard InChI is InChI=1S/C10H16ClNOS/c1-3-13-7-6-12-8(2)9-4-5-10(11)14-9/h4-5,8,12H,3,6-7H2,1-2H3/t8-/m1/s1. The van der Waals surface area contributed by atoms with Crippen LogP contribution >= 0.6 is 22.9 Å². The average molecular weight is 234 g/mol. The molecule has 0 fully saturated rings. The Hall–Kier alpha value is -0.0900. The molecule has 1 N–H and O–H groups in total. The maximum atomic E-state index is 5.85. The van der Waals surface area contributed by atoms with Crippen molar-refractivity contribution >= 4 is 22.9 Å². The number of halogens is 1. The van der Waals surface area contributed by atoms with Gasteiger partial charge in [-0.2, -0.15) is 0 Å². The summed E-state index contributed by atoms with van der Waals surface area (Å²) >= 11 is 7.48. The van der Waals surface area contributed by atoms with E-state index in [9.17, 15) is 0 Å². The molecule has 80 valence electrons. The molecule has 1 rings (SSSR count). The number of hydrogen-bond acceptors (Lipinski definition) is 3. The van der Waals surface area contributed by atoms with Gasteiger partial charge >= 0.3 is 0 Å². The van der Waals surface area contributed by atoms with E-state index in [4.69, 9.17) is 16.3 Å². The summed E-state index contributed by atoms with van der Waals surface area (Å²) in [6.07, 6.45) is 0. The average Bonchev–Trinajstić information content (AvgIpc) is 2.59. The highest BCUT2D eigenvalue weighted by atomic mass is 35.5. The summed E-state index contributed by atoms with van der Waals surface area (Å²) < 4.78 is 6.09. The van der Waals surface area contributed by atoms with E-state index in [-0.39, 0.29) is 0 Å². The van der Waals surface area contributed by atoms with Gasteiger partial charge in [0.05, 0.1) is 10.9 Å². The van der Waals surface area contributed by atoms with Gasteiger partial charge in [-0.1, -0.05) is 11.6 Å². The van der Waals surface area contributed by atoms with Gasteiger partial charge < -0.3 is 10.1 Å².